The molecule has 2 aliphatic rings. The molecule has 0 aliphatic heterocycles. The molecular formula is C25H48NO3+. The predicted molar refractivity (Wildman–Crippen MR) is 120 cm³/mol. The van der Waals surface area contributed by atoms with Gasteiger partial charge in [0.2, 0.25) is 0 Å². The average Bonchev–Trinajstić information content (AvgIpc) is 2.97. The van der Waals surface area contributed by atoms with E-state index in [1.54, 1.807) is 0 Å². The fourth-order valence-corrected chi connectivity index (χ4v) is 5.54. The lowest BCUT2D eigenvalue weighted by atomic mass is 9.70. The molecule has 0 saturated heterocycles. The summed E-state index contributed by atoms with van der Waals surface area (Å²) in [6.07, 6.45) is 12.9. The number of ether oxygens (including phenoxy) is 2. The summed E-state index contributed by atoms with van der Waals surface area (Å²) < 4.78 is 12.5. The molecule has 2 fully saturated rings. The summed E-state index contributed by atoms with van der Waals surface area (Å²) in [6.45, 7) is 12.1. The van der Waals surface area contributed by atoms with Crippen molar-refractivity contribution in [3.8, 4) is 0 Å². The van der Waals surface area contributed by atoms with Crippen molar-refractivity contribution in [3.05, 3.63) is 0 Å². The zero-order chi connectivity index (χ0) is 21.5. The Balaban J connectivity index is 1.58. The quantitative estimate of drug-likeness (QED) is 0.213. The van der Waals surface area contributed by atoms with E-state index in [1.807, 2.05) is 0 Å². The minimum atomic E-state index is -0.0750. The highest BCUT2D eigenvalue weighted by Crippen LogP contribution is 2.66. The lowest BCUT2D eigenvalue weighted by Gasteiger charge is -2.39. The van der Waals surface area contributed by atoms with Crippen molar-refractivity contribution in [1.82, 2.24) is 0 Å². The highest BCUT2D eigenvalue weighted by Gasteiger charge is 2.61. The maximum atomic E-state index is 12.2. The van der Waals surface area contributed by atoms with Crippen LogP contribution >= 0.6 is 0 Å². The monoisotopic (exact) mass is 410 g/mol. The second-order valence-corrected chi connectivity index (χ2v) is 11.1. The van der Waals surface area contributed by atoms with Crippen LogP contribution in [-0.2, 0) is 14.3 Å². The molecule has 2 unspecified atom stereocenters. The van der Waals surface area contributed by atoms with Gasteiger partial charge in [-0.3, -0.25) is 0 Å². The second kappa shape index (κ2) is 10.6. The standard InChI is InChI=1S/C25H48NO3/c1-7-8-9-10-11-12-13-17-29-23(27)20-26(5,6)16-18-28-22-19-21-14-15-25(22,4)24(21,2)3/h21-22H,7-20H2,1-6H3/q+1/t21?,22?,25-/m0/s1. The van der Waals surface area contributed by atoms with Crippen molar-refractivity contribution in [2.75, 3.05) is 40.4 Å². The Morgan fingerprint density at radius 2 is 1.66 bits per heavy atom. The number of carbonyl (C=O) groups excluding carboxylic acids is 1. The maximum Gasteiger partial charge on any atom is 0.361 e. The summed E-state index contributed by atoms with van der Waals surface area (Å²) in [6, 6.07) is 0. The first-order chi connectivity index (χ1) is 13.6. The summed E-state index contributed by atoms with van der Waals surface area (Å²) in [5.41, 5.74) is 0.701. The Morgan fingerprint density at radius 3 is 2.24 bits per heavy atom. The highest BCUT2D eigenvalue weighted by atomic mass is 16.5. The van der Waals surface area contributed by atoms with Gasteiger partial charge < -0.3 is 14.0 Å². The van der Waals surface area contributed by atoms with E-state index in [2.05, 4.69) is 41.8 Å². The molecule has 0 spiro atoms. The van der Waals surface area contributed by atoms with E-state index in [1.165, 1.54) is 57.8 Å². The van der Waals surface area contributed by atoms with Gasteiger partial charge in [0.1, 0.15) is 6.54 Å². The van der Waals surface area contributed by atoms with E-state index in [0.29, 0.717) is 34.6 Å². The van der Waals surface area contributed by atoms with E-state index in [0.717, 1.165) is 25.5 Å². The zero-order valence-corrected chi connectivity index (χ0v) is 20.2. The van der Waals surface area contributed by atoms with Gasteiger partial charge in [-0.1, -0.05) is 66.2 Å². The van der Waals surface area contributed by atoms with Crippen molar-refractivity contribution < 1.29 is 18.8 Å². The summed E-state index contributed by atoms with van der Waals surface area (Å²) in [5.74, 6) is 0.732. The van der Waals surface area contributed by atoms with Crippen LogP contribution in [0.3, 0.4) is 0 Å². The van der Waals surface area contributed by atoms with Crippen molar-refractivity contribution in [3.63, 3.8) is 0 Å². The number of fused-ring (bicyclic) bond motifs is 2. The van der Waals surface area contributed by atoms with Gasteiger partial charge in [0.25, 0.3) is 0 Å². The van der Waals surface area contributed by atoms with E-state index in [4.69, 9.17) is 9.47 Å². The van der Waals surface area contributed by atoms with Gasteiger partial charge in [-0.05, 0) is 42.4 Å². The van der Waals surface area contributed by atoms with Crippen LogP contribution in [-0.4, -0.2) is 57.0 Å². The number of carbonyl (C=O) groups is 1. The topological polar surface area (TPSA) is 35.5 Å². The number of hydrogen-bond acceptors (Lipinski definition) is 3. The van der Waals surface area contributed by atoms with Gasteiger partial charge in [-0.25, -0.2) is 4.79 Å². The van der Waals surface area contributed by atoms with Crippen LogP contribution in [0.5, 0.6) is 0 Å². The van der Waals surface area contributed by atoms with E-state index in [9.17, 15) is 4.79 Å². The summed E-state index contributed by atoms with van der Waals surface area (Å²) in [4.78, 5) is 12.2. The third-order valence-electron chi connectivity index (χ3n) is 8.30. The van der Waals surface area contributed by atoms with Crippen molar-refractivity contribution in [1.29, 1.82) is 0 Å². The first kappa shape index (κ1) is 24.7. The molecule has 2 rings (SSSR count). The van der Waals surface area contributed by atoms with Crippen LogP contribution in [0.1, 0.15) is 91.9 Å². The number of quaternary nitrogens is 1. The van der Waals surface area contributed by atoms with Crippen LogP contribution in [0.2, 0.25) is 0 Å². The Bertz CT molecular complexity index is 516. The molecular weight excluding hydrogens is 362 g/mol. The lowest BCUT2D eigenvalue weighted by molar-refractivity contribution is -0.883. The molecule has 29 heavy (non-hydrogen) atoms. The fraction of sp³-hybridized carbons (Fsp3) is 0.960. The zero-order valence-electron chi connectivity index (χ0n) is 20.2. The molecule has 2 saturated carbocycles. The smallest absolute Gasteiger partial charge is 0.361 e. The van der Waals surface area contributed by atoms with Crippen LogP contribution in [0.4, 0.5) is 0 Å². The predicted octanol–water partition coefficient (Wildman–Crippen LogP) is 5.59. The highest BCUT2D eigenvalue weighted by molar-refractivity contribution is 5.70. The first-order valence-electron chi connectivity index (χ1n) is 12.2. The molecule has 0 amide bonds. The van der Waals surface area contributed by atoms with Crippen LogP contribution in [0.15, 0.2) is 0 Å². The normalized spacial score (nSPS) is 28.1. The van der Waals surface area contributed by atoms with Crippen molar-refractivity contribution >= 4 is 5.97 Å². The molecule has 0 radical (unpaired) electrons. The lowest BCUT2D eigenvalue weighted by Crippen LogP contribution is -2.47. The van der Waals surface area contributed by atoms with Gasteiger partial charge in [0.05, 0.1) is 33.4 Å². The third-order valence-corrected chi connectivity index (χ3v) is 8.30. The molecule has 3 atom stereocenters. The Kier molecular flexibility index (Phi) is 9.03. The van der Waals surface area contributed by atoms with Crippen LogP contribution in [0, 0.1) is 16.7 Å². The van der Waals surface area contributed by atoms with Gasteiger partial charge >= 0.3 is 5.97 Å². The number of nitrogens with zero attached hydrogens (tertiary/aromatic N) is 1. The molecule has 0 aromatic carbocycles. The summed E-state index contributed by atoms with van der Waals surface area (Å²) in [5, 5.41) is 0. The SMILES string of the molecule is CCCCCCCCCOC(=O)C[N+](C)(C)CCOC1CC2CC[C@]1(C)C2(C)C. The minimum absolute atomic E-state index is 0.0750. The first-order valence-corrected chi connectivity index (χ1v) is 12.2. The molecule has 0 aromatic rings. The molecule has 4 heteroatoms. The number of rotatable bonds is 14. The third kappa shape index (κ3) is 6.43. The molecule has 0 aromatic heterocycles. The van der Waals surface area contributed by atoms with Gasteiger partial charge in [-0.15, -0.1) is 0 Å². The number of esters is 1. The molecule has 0 N–H and O–H groups in total. The summed E-state index contributed by atoms with van der Waals surface area (Å²) in [7, 11) is 4.20. The molecule has 2 bridgehead atoms. The molecule has 4 nitrogen and oxygen atoms in total. The Hall–Kier alpha value is -0.610. The molecule has 2 aliphatic carbocycles. The minimum Gasteiger partial charge on any atom is -0.462 e. The largest absolute Gasteiger partial charge is 0.462 e. The molecule has 0 heterocycles. The van der Waals surface area contributed by atoms with E-state index < -0.39 is 0 Å². The maximum absolute atomic E-state index is 12.2. The van der Waals surface area contributed by atoms with Crippen LogP contribution < -0.4 is 0 Å². The Morgan fingerprint density at radius 1 is 1.00 bits per heavy atom. The number of hydrogen-bond donors (Lipinski definition) is 0. The van der Waals surface area contributed by atoms with Gasteiger partial charge in [0, 0.05) is 0 Å². The van der Waals surface area contributed by atoms with E-state index in [-0.39, 0.29) is 5.97 Å². The second-order valence-electron chi connectivity index (χ2n) is 11.1. The van der Waals surface area contributed by atoms with Crippen molar-refractivity contribution in [2.24, 2.45) is 16.7 Å². The number of unbranched alkanes of at least 4 members (excludes halogenated alkanes) is 6. The van der Waals surface area contributed by atoms with Crippen molar-refractivity contribution in [2.45, 2.75) is 98.0 Å². The van der Waals surface area contributed by atoms with Gasteiger partial charge in [0.15, 0.2) is 6.54 Å². The van der Waals surface area contributed by atoms with E-state index >= 15 is 0 Å². The molecule has 170 valence electrons. The Labute approximate surface area is 180 Å². The van der Waals surface area contributed by atoms with Crippen LogP contribution in [0.25, 0.3) is 0 Å². The number of likely N-dealkylation sites (N-methyl/N-ethyl adjacent to an activating group) is 1. The average molecular weight is 411 g/mol. The fourth-order valence-electron chi connectivity index (χ4n) is 5.54. The summed E-state index contributed by atoms with van der Waals surface area (Å²) >= 11 is 0. The van der Waals surface area contributed by atoms with Gasteiger partial charge in [-0.2, -0.15) is 0 Å².